The fourth-order valence-corrected chi connectivity index (χ4v) is 1.80. The van der Waals surface area contributed by atoms with E-state index in [1.54, 1.807) is 18.3 Å². The van der Waals surface area contributed by atoms with E-state index in [0.29, 0.717) is 18.2 Å². The minimum Gasteiger partial charge on any atom is -0.487 e. The Morgan fingerprint density at radius 1 is 1.13 bits per heavy atom. The number of rotatable bonds is 4. The zero-order chi connectivity index (χ0) is 16.9. The highest BCUT2D eigenvalue weighted by atomic mass is 16.6. The number of benzene rings is 1. The fourth-order valence-electron chi connectivity index (χ4n) is 1.80. The molecular weight excluding hydrogens is 292 g/mol. The van der Waals surface area contributed by atoms with E-state index in [2.05, 4.69) is 10.3 Å². The average Bonchev–Trinajstić information content (AvgIpc) is 2.46. The fraction of sp³-hybridized carbons (Fsp3) is 0.333. The lowest BCUT2D eigenvalue weighted by Crippen LogP contribution is -2.27. The number of amides is 1. The van der Waals surface area contributed by atoms with E-state index in [-0.39, 0.29) is 0 Å². The second-order valence-corrected chi connectivity index (χ2v) is 6.28. The van der Waals surface area contributed by atoms with Gasteiger partial charge in [0.15, 0.2) is 0 Å². The summed E-state index contributed by atoms with van der Waals surface area (Å²) in [6.07, 6.45) is 1.04. The van der Waals surface area contributed by atoms with E-state index in [4.69, 9.17) is 9.47 Å². The molecule has 0 bridgehead atoms. The first kappa shape index (κ1) is 16.8. The minimum atomic E-state index is -0.541. The lowest BCUT2D eigenvalue weighted by atomic mass is 10.2. The molecule has 1 amide bonds. The maximum Gasteiger partial charge on any atom is 0.413 e. The number of carbonyl (C=O) groups excluding carboxylic acids is 1. The number of ether oxygens (including phenoxy) is 2. The summed E-state index contributed by atoms with van der Waals surface area (Å²) in [5, 5.41) is 2.58. The van der Waals surface area contributed by atoms with Crippen LogP contribution >= 0.6 is 0 Å². The molecule has 0 saturated heterocycles. The van der Waals surface area contributed by atoms with Gasteiger partial charge < -0.3 is 9.47 Å². The SMILES string of the molecule is Cc1ccc(COc2ccc(NC(=O)OC(C)(C)C)nc2)cc1. The predicted molar refractivity (Wildman–Crippen MR) is 89.6 cm³/mol. The van der Waals surface area contributed by atoms with Crippen LogP contribution in [0.4, 0.5) is 10.6 Å². The quantitative estimate of drug-likeness (QED) is 0.913. The molecule has 1 aromatic heterocycles. The van der Waals surface area contributed by atoms with Crippen molar-refractivity contribution in [2.75, 3.05) is 5.32 Å². The molecule has 0 fully saturated rings. The highest BCUT2D eigenvalue weighted by Crippen LogP contribution is 2.15. The molecule has 2 rings (SSSR count). The van der Waals surface area contributed by atoms with Crippen LogP contribution in [0, 0.1) is 6.92 Å². The maximum absolute atomic E-state index is 11.6. The first-order valence-electron chi connectivity index (χ1n) is 7.46. The number of aryl methyl sites for hydroxylation is 1. The molecule has 23 heavy (non-hydrogen) atoms. The van der Waals surface area contributed by atoms with Crippen molar-refractivity contribution in [3.05, 3.63) is 53.7 Å². The molecular formula is C18H22N2O3. The Kier molecular flexibility index (Phi) is 5.21. The van der Waals surface area contributed by atoms with Crippen molar-refractivity contribution in [3.8, 4) is 5.75 Å². The van der Waals surface area contributed by atoms with Crippen molar-refractivity contribution in [3.63, 3.8) is 0 Å². The summed E-state index contributed by atoms with van der Waals surface area (Å²) in [5.74, 6) is 1.06. The second-order valence-electron chi connectivity index (χ2n) is 6.28. The van der Waals surface area contributed by atoms with E-state index in [0.717, 1.165) is 5.56 Å². The number of hydrogen-bond acceptors (Lipinski definition) is 4. The van der Waals surface area contributed by atoms with Crippen LogP contribution in [0.1, 0.15) is 31.9 Å². The monoisotopic (exact) mass is 314 g/mol. The molecule has 0 aliphatic rings. The van der Waals surface area contributed by atoms with Crippen molar-refractivity contribution in [1.29, 1.82) is 0 Å². The summed E-state index contributed by atoms with van der Waals surface area (Å²) in [6.45, 7) is 7.94. The number of nitrogens with zero attached hydrogens (tertiary/aromatic N) is 1. The summed E-state index contributed by atoms with van der Waals surface area (Å²) in [6, 6.07) is 11.6. The number of carbonyl (C=O) groups is 1. The molecule has 2 aromatic rings. The lowest BCUT2D eigenvalue weighted by molar-refractivity contribution is 0.0635. The highest BCUT2D eigenvalue weighted by Gasteiger charge is 2.16. The zero-order valence-electron chi connectivity index (χ0n) is 13.9. The molecule has 1 N–H and O–H groups in total. The van der Waals surface area contributed by atoms with Gasteiger partial charge in [-0.3, -0.25) is 5.32 Å². The molecule has 0 radical (unpaired) electrons. The molecule has 0 spiro atoms. The smallest absolute Gasteiger partial charge is 0.413 e. The van der Waals surface area contributed by atoms with E-state index < -0.39 is 11.7 Å². The summed E-state index contributed by atoms with van der Waals surface area (Å²) < 4.78 is 10.8. The van der Waals surface area contributed by atoms with Gasteiger partial charge in [0.1, 0.15) is 23.8 Å². The number of pyridine rings is 1. The Labute approximate surface area is 136 Å². The zero-order valence-corrected chi connectivity index (χ0v) is 13.9. The Balaban J connectivity index is 1.87. The van der Waals surface area contributed by atoms with Gasteiger partial charge in [-0.25, -0.2) is 9.78 Å². The van der Waals surface area contributed by atoms with E-state index in [1.165, 1.54) is 5.56 Å². The Morgan fingerprint density at radius 3 is 2.39 bits per heavy atom. The van der Waals surface area contributed by atoms with E-state index in [9.17, 15) is 4.79 Å². The van der Waals surface area contributed by atoms with Gasteiger partial charge in [-0.2, -0.15) is 0 Å². The van der Waals surface area contributed by atoms with Gasteiger partial charge in [0.25, 0.3) is 0 Å². The lowest BCUT2D eigenvalue weighted by Gasteiger charge is -2.19. The molecule has 0 atom stereocenters. The van der Waals surface area contributed by atoms with Gasteiger partial charge in [-0.1, -0.05) is 29.8 Å². The number of anilines is 1. The van der Waals surface area contributed by atoms with Crippen LogP contribution in [0.2, 0.25) is 0 Å². The normalized spacial score (nSPS) is 11.0. The van der Waals surface area contributed by atoms with Gasteiger partial charge in [-0.05, 0) is 45.4 Å². The first-order valence-corrected chi connectivity index (χ1v) is 7.46. The van der Waals surface area contributed by atoms with Crippen LogP contribution in [0.5, 0.6) is 5.75 Å². The molecule has 0 saturated carbocycles. The Bertz CT molecular complexity index is 643. The van der Waals surface area contributed by atoms with Crippen molar-refractivity contribution < 1.29 is 14.3 Å². The van der Waals surface area contributed by atoms with Crippen LogP contribution in [0.25, 0.3) is 0 Å². The van der Waals surface area contributed by atoms with E-state index in [1.807, 2.05) is 52.0 Å². The highest BCUT2D eigenvalue weighted by molar-refractivity contribution is 5.83. The molecule has 122 valence electrons. The topological polar surface area (TPSA) is 60.5 Å². The summed E-state index contributed by atoms with van der Waals surface area (Å²) in [7, 11) is 0. The number of aromatic nitrogens is 1. The Hall–Kier alpha value is -2.56. The first-order chi connectivity index (χ1) is 10.8. The van der Waals surface area contributed by atoms with Gasteiger partial charge in [0.05, 0.1) is 6.20 Å². The van der Waals surface area contributed by atoms with E-state index >= 15 is 0 Å². The maximum atomic E-state index is 11.6. The van der Waals surface area contributed by atoms with Gasteiger partial charge in [0, 0.05) is 0 Å². The van der Waals surface area contributed by atoms with Crippen LogP contribution < -0.4 is 10.1 Å². The standard InChI is InChI=1S/C18H22N2O3/c1-13-5-7-14(8-6-13)12-22-15-9-10-16(19-11-15)20-17(21)23-18(2,3)4/h5-11H,12H2,1-4H3,(H,19,20,21). The Morgan fingerprint density at radius 2 is 1.83 bits per heavy atom. The van der Waals surface area contributed by atoms with Crippen LogP contribution in [0.3, 0.4) is 0 Å². The predicted octanol–water partition coefficient (Wildman–Crippen LogP) is 4.32. The third kappa shape index (κ3) is 5.98. The molecule has 5 heteroatoms. The van der Waals surface area contributed by atoms with Gasteiger partial charge in [-0.15, -0.1) is 0 Å². The van der Waals surface area contributed by atoms with Gasteiger partial charge >= 0.3 is 6.09 Å². The average molecular weight is 314 g/mol. The van der Waals surface area contributed by atoms with Crippen molar-refractivity contribution in [2.24, 2.45) is 0 Å². The van der Waals surface area contributed by atoms with Crippen LogP contribution in [-0.4, -0.2) is 16.7 Å². The number of hydrogen-bond donors (Lipinski definition) is 1. The molecule has 0 aliphatic carbocycles. The largest absolute Gasteiger partial charge is 0.487 e. The summed E-state index contributed by atoms with van der Waals surface area (Å²) >= 11 is 0. The molecule has 0 aliphatic heterocycles. The molecule has 1 aromatic carbocycles. The van der Waals surface area contributed by atoms with Crippen LogP contribution in [-0.2, 0) is 11.3 Å². The third-order valence-electron chi connectivity index (χ3n) is 2.89. The molecule has 5 nitrogen and oxygen atoms in total. The molecule has 0 unspecified atom stereocenters. The third-order valence-corrected chi connectivity index (χ3v) is 2.89. The van der Waals surface area contributed by atoms with Crippen molar-refractivity contribution in [1.82, 2.24) is 4.98 Å². The number of nitrogens with one attached hydrogen (secondary N) is 1. The summed E-state index contributed by atoms with van der Waals surface area (Å²) in [4.78, 5) is 15.8. The molecule has 1 heterocycles. The minimum absolute atomic E-state index is 0.418. The van der Waals surface area contributed by atoms with Crippen molar-refractivity contribution in [2.45, 2.75) is 39.9 Å². The van der Waals surface area contributed by atoms with Crippen LogP contribution in [0.15, 0.2) is 42.6 Å². The van der Waals surface area contributed by atoms with Gasteiger partial charge in [0.2, 0.25) is 0 Å². The van der Waals surface area contributed by atoms with Crippen molar-refractivity contribution >= 4 is 11.9 Å². The second kappa shape index (κ2) is 7.13. The summed E-state index contributed by atoms with van der Waals surface area (Å²) in [5.41, 5.74) is 1.76.